The molecule has 1 aromatic carbocycles. The van der Waals surface area contributed by atoms with Crippen molar-refractivity contribution in [1.29, 1.82) is 0 Å². The van der Waals surface area contributed by atoms with Gasteiger partial charge in [0, 0.05) is 48.9 Å². The van der Waals surface area contributed by atoms with Gasteiger partial charge in [-0.15, -0.1) is 24.0 Å². The molecule has 148 valence electrons. The van der Waals surface area contributed by atoms with E-state index in [2.05, 4.69) is 43.5 Å². The molecule has 2 N–H and O–H groups in total. The lowest BCUT2D eigenvalue weighted by atomic mass is 9.57. The average molecular weight is 483 g/mol. The minimum atomic E-state index is 0. The van der Waals surface area contributed by atoms with E-state index in [9.17, 15) is 0 Å². The molecule has 0 radical (unpaired) electrons. The highest BCUT2D eigenvalue weighted by atomic mass is 127. The van der Waals surface area contributed by atoms with Crippen molar-refractivity contribution in [2.24, 2.45) is 16.3 Å². The van der Waals surface area contributed by atoms with Gasteiger partial charge in [-0.1, -0.05) is 32.0 Å². The normalized spacial score (nSPS) is 26.2. The summed E-state index contributed by atoms with van der Waals surface area (Å²) in [6.45, 7) is 9.12. The SMILES string of the molecule is CCNC(=NCCc1cc2ccccc2o1)NC1C2CCOC2C1(C)C.I. The number of nitrogens with zero attached hydrogens (tertiary/aromatic N) is 1. The number of furan rings is 1. The van der Waals surface area contributed by atoms with Crippen LogP contribution in [-0.2, 0) is 11.2 Å². The number of rotatable bonds is 5. The van der Waals surface area contributed by atoms with E-state index in [-0.39, 0.29) is 29.4 Å². The maximum absolute atomic E-state index is 5.89. The number of para-hydroxylation sites is 1. The number of nitrogens with one attached hydrogen (secondary N) is 2. The smallest absolute Gasteiger partial charge is 0.191 e. The number of fused-ring (bicyclic) bond motifs is 2. The zero-order valence-corrected chi connectivity index (χ0v) is 18.7. The van der Waals surface area contributed by atoms with Crippen molar-refractivity contribution in [2.45, 2.75) is 45.8 Å². The van der Waals surface area contributed by atoms with E-state index in [4.69, 9.17) is 14.1 Å². The Morgan fingerprint density at radius 3 is 2.89 bits per heavy atom. The zero-order valence-electron chi connectivity index (χ0n) is 16.3. The van der Waals surface area contributed by atoms with E-state index in [1.165, 1.54) is 0 Å². The van der Waals surface area contributed by atoms with Crippen molar-refractivity contribution in [3.8, 4) is 0 Å². The van der Waals surface area contributed by atoms with Crippen LogP contribution in [0.2, 0.25) is 0 Å². The van der Waals surface area contributed by atoms with E-state index >= 15 is 0 Å². The fraction of sp³-hybridized carbons (Fsp3) is 0.571. The van der Waals surface area contributed by atoms with Gasteiger partial charge in [0.25, 0.3) is 0 Å². The second kappa shape index (κ2) is 8.39. The lowest BCUT2D eigenvalue weighted by molar-refractivity contribution is -0.106. The van der Waals surface area contributed by atoms with Crippen molar-refractivity contribution in [1.82, 2.24) is 10.6 Å². The molecule has 0 amide bonds. The molecular weight excluding hydrogens is 453 g/mol. The standard InChI is InChI=1S/C21H29N3O2.HI/c1-4-22-20(24-18-16-10-12-25-19(16)21(18,2)3)23-11-9-15-13-14-7-5-6-8-17(14)26-15;/h5-8,13,16,18-19H,4,9-12H2,1-3H3,(H2,22,23,24);1H. The quantitative estimate of drug-likeness (QED) is 0.384. The van der Waals surface area contributed by atoms with E-state index in [0.717, 1.165) is 48.7 Å². The van der Waals surface area contributed by atoms with Gasteiger partial charge in [-0.25, -0.2) is 0 Å². The highest BCUT2D eigenvalue weighted by Crippen LogP contribution is 2.52. The Kier molecular flexibility index (Phi) is 6.35. The summed E-state index contributed by atoms with van der Waals surface area (Å²) in [6, 6.07) is 10.6. The topological polar surface area (TPSA) is 58.8 Å². The Balaban J connectivity index is 0.00000210. The van der Waals surface area contributed by atoms with Crippen LogP contribution in [0.5, 0.6) is 0 Å². The molecule has 3 atom stereocenters. The van der Waals surface area contributed by atoms with Crippen LogP contribution in [0.1, 0.15) is 33.0 Å². The van der Waals surface area contributed by atoms with Crippen LogP contribution in [-0.4, -0.2) is 37.8 Å². The summed E-state index contributed by atoms with van der Waals surface area (Å²) in [7, 11) is 0. The summed E-state index contributed by atoms with van der Waals surface area (Å²) in [5, 5.41) is 8.19. The van der Waals surface area contributed by atoms with Gasteiger partial charge in [-0.2, -0.15) is 0 Å². The third-order valence-electron chi connectivity index (χ3n) is 5.84. The van der Waals surface area contributed by atoms with Crippen LogP contribution in [0.25, 0.3) is 11.0 Å². The summed E-state index contributed by atoms with van der Waals surface area (Å²) >= 11 is 0. The molecular formula is C21H30IN3O2. The third-order valence-corrected chi connectivity index (χ3v) is 5.84. The molecule has 2 aliphatic rings. The first-order chi connectivity index (χ1) is 12.6. The number of hydrogen-bond acceptors (Lipinski definition) is 3. The average Bonchev–Trinajstić information content (AvgIpc) is 3.24. The molecule has 1 saturated carbocycles. The molecule has 0 spiro atoms. The molecule has 6 heteroatoms. The highest BCUT2D eigenvalue weighted by molar-refractivity contribution is 14.0. The Morgan fingerprint density at radius 2 is 2.11 bits per heavy atom. The largest absolute Gasteiger partial charge is 0.461 e. The van der Waals surface area contributed by atoms with E-state index in [0.29, 0.717) is 24.6 Å². The number of halogens is 1. The van der Waals surface area contributed by atoms with Crippen LogP contribution < -0.4 is 10.6 Å². The predicted molar refractivity (Wildman–Crippen MR) is 120 cm³/mol. The molecule has 1 aromatic heterocycles. The summed E-state index contributed by atoms with van der Waals surface area (Å²) in [6.07, 6.45) is 2.33. The molecule has 4 rings (SSSR count). The lowest BCUT2D eigenvalue weighted by Gasteiger charge is -2.54. The summed E-state index contributed by atoms with van der Waals surface area (Å²) < 4.78 is 11.8. The first-order valence-electron chi connectivity index (χ1n) is 9.73. The van der Waals surface area contributed by atoms with Gasteiger partial charge in [0.15, 0.2) is 5.96 Å². The predicted octanol–water partition coefficient (Wildman–Crippen LogP) is 3.96. The van der Waals surface area contributed by atoms with Crippen molar-refractivity contribution < 1.29 is 9.15 Å². The number of hydrogen-bond donors (Lipinski definition) is 2. The van der Waals surface area contributed by atoms with Gasteiger partial charge in [0.2, 0.25) is 0 Å². The molecule has 1 saturated heterocycles. The Labute approximate surface area is 178 Å². The molecule has 0 bridgehead atoms. The van der Waals surface area contributed by atoms with Gasteiger partial charge in [-0.3, -0.25) is 4.99 Å². The number of aliphatic imine (C=N–C) groups is 1. The summed E-state index contributed by atoms with van der Waals surface area (Å²) in [5.74, 6) is 2.48. The zero-order chi connectivity index (χ0) is 18.1. The molecule has 2 fully saturated rings. The van der Waals surface area contributed by atoms with Gasteiger partial charge >= 0.3 is 0 Å². The van der Waals surface area contributed by atoms with Crippen LogP contribution in [0.4, 0.5) is 0 Å². The fourth-order valence-electron chi connectivity index (χ4n) is 4.52. The van der Waals surface area contributed by atoms with Crippen molar-refractivity contribution in [2.75, 3.05) is 19.7 Å². The number of benzene rings is 1. The van der Waals surface area contributed by atoms with Crippen molar-refractivity contribution >= 4 is 40.9 Å². The number of ether oxygens (including phenoxy) is 1. The van der Waals surface area contributed by atoms with Gasteiger partial charge in [0.1, 0.15) is 11.3 Å². The second-order valence-corrected chi connectivity index (χ2v) is 7.95. The second-order valence-electron chi connectivity index (χ2n) is 7.95. The van der Waals surface area contributed by atoms with Gasteiger partial charge in [-0.05, 0) is 25.5 Å². The van der Waals surface area contributed by atoms with E-state index in [1.807, 2.05) is 18.2 Å². The van der Waals surface area contributed by atoms with E-state index in [1.54, 1.807) is 0 Å². The Morgan fingerprint density at radius 1 is 1.30 bits per heavy atom. The van der Waals surface area contributed by atoms with E-state index < -0.39 is 0 Å². The minimum Gasteiger partial charge on any atom is -0.461 e. The molecule has 3 unspecified atom stereocenters. The Bertz CT molecular complexity index is 769. The molecule has 2 heterocycles. The maximum Gasteiger partial charge on any atom is 0.191 e. The molecule has 2 aromatic rings. The molecule has 5 nitrogen and oxygen atoms in total. The Hall–Kier alpha value is -1.28. The van der Waals surface area contributed by atoms with Crippen LogP contribution in [0, 0.1) is 11.3 Å². The first kappa shape index (κ1) is 20.5. The van der Waals surface area contributed by atoms with Crippen LogP contribution >= 0.6 is 24.0 Å². The fourth-order valence-corrected chi connectivity index (χ4v) is 4.52. The summed E-state index contributed by atoms with van der Waals surface area (Å²) in [4.78, 5) is 4.77. The third kappa shape index (κ3) is 3.97. The van der Waals surface area contributed by atoms with Crippen LogP contribution in [0.3, 0.4) is 0 Å². The maximum atomic E-state index is 5.89. The molecule has 1 aliphatic heterocycles. The van der Waals surface area contributed by atoms with Crippen LogP contribution in [0.15, 0.2) is 39.7 Å². The van der Waals surface area contributed by atoms with Gasteiger partial charge < -0.3 is 19.8 Å². The van der Waals surface area contributed by atoms with Crippen molar-refractivity contribution in [3.63, 3.8) is 0 Å². The highest BCUT2D eigenvalue weighted by Gasteiger charge is 2.59. The number of guanidine groups is 1. The van der Waals surface area contributed by atoms with Gasteiger partial charge in [0.05, 0.1) is 6.10 Å². The first-order valence-corrected chi connectivity index (χ1v) is 9.73. The molecule has 27 heavy (non-hydrogen) atoms. The lowest BCUT2D eigenvalue weighted by Crippen LogP contribution is -2.68. The monoisotopic (exact) mass is 483 g/mol. The molecule has 1 aliphatic carbocycles. The summed E-state index contributed by atoms with van der Waals surface area (Å²) in [5.41, 5.74) is 1.09. The van der Waals surface area contributed by atoms with Crippen molar-refractivity contribution in [3.05, 3.63) is 36.1 Å². The minimum absolute atomic E-state index is 0.